The lowest BCUT2D eigenvalue weighted by molar-refractivity contribution is 0.108. The van der Waals surface area contributed by atoms with Crippen LogP contribution in [0.1, 0.15) is 15.9 Å². The van der Waals surface area contributed by atoms with E-state index in [1.807, 2.05) is 6.07 Å². The average molecular weight is 167 g/mol. The minimum absolute atomic E-state index is 0.436. The maximum atomic E-state index is 10.6. The molecule has 56 valence electrons. The maximum Gasteiger partial charge on any atom is 0.252 e. The Morgan fingerprint density at radius 3 is 2.82 bits per heavy atom. The first-order valence-electron chi connectivity index (χ1n) is 3.16. The van der Waals surface area contributed by atoms with Gasteiger partial charge in [-0.05, 0) is 23.2 Å². The van der Waals surface area contributed by atoms with Crippen molar-refractivity contribution in [3.05, 3.63) is 42.0 Å². The number of rotatable bonds is 2. The summed E-state index contributed by atoms with van der Waals surface area (Å²) in [4.78, 5) is 10.6. The van der Waals surface area contributed by atoms with Crippen LogP contribution in [0.15, 0.2) is 30.8 Å². The lowest BCUT2D eigenvalue weighted by Gasteiger charge is -1.94. The van der Waals surface area contributed by atoms with E-state index in [1.54, 1.807) is 24.3 Å². The third-order valence-electron chi connectivity index (χ3n) is 1.35. The molecule has 2 heteroatoms. The first kappa shape index (κ1) is 8.02. The molecule has 0 saturated carbocycles. The Bertz CT molecular complexity index is 291. The smallest absolute Gasteiger partial charge is 0.252 e. The van der Waals surface area contributed by atoms with Crippen LogP contribution in [0.25, 0.3) is 6.08 Å². The molecule has 0 aliphatic rings. The van der Waals surface area contributed by atoms with Gasteiger partial charge in [-0.2, -0.15) is 0 Å². The molecule has 0 unspecified atom stereocenters. The van der Waals surface area contributed by atoms with Crippen molar-refractivity contribution in [3.63, 3.8) is 0 Å². The Balaban J connectivity index is 3.10. The van der Waals surface area contributed by atoms with Gasteiger partial charge in [0.15, 0.2) is 0 Å². The summed E-state index contributed by atoms with van der Waals surface area (Å²) in [5, 5.41) is -0.436. The van der Waals surface area contributed by atoms with Crippen molar-refractivity contribution in [2.75, 3.05) is 0 Å². The van der Waals surface area contributed by atoms with Crippen LogP contribution >= 0.6 is 11.6 Å². The van der Waals surface area contributed by atoms with E-state index in [0.717, 1.165) is 5.56 Å². The lowest BCUT2D eigenvalue weighted by atomic mass is 10.1. The molecule has 0 saturated heterocycles. The van der Waals surface area contributed by atoms with Crippen LogP contribution in [0.3, 0.4) is 0 Å². The van der Waals surface area contributed by atoms with E-state index in [9.17, 15) is 4.79 Å². The van der Waals surface area contributed by atoms with Gasteiger partial charge in [0.2, 0.25) is 0 Å². The Labute approximate surface area is 70.3 Å². The molecule has 1 aromatic rings. The fourth-order valence-corrected chi connectivity index (χ4v) is 0.905. The zero-order chi connectivity index (χ0) is 8.27. The van der Waals surface area contributed by atoms with Crippen LogP contribution in [0.5, 0.6) is 0 Å². The second kappa shape index (κ2) is 3.35. The summed E-state index contributed by atoms with van der Waals surface area (Å²) in [7, 11) is 0. The molecule has 1 rings (SSSR count). The van der Waals surface area contributed by atoms with Crippen molar-refractivity contribution < 1.29 is 4.79 Å². The molecule has 0 heterocycles. The number of carbonyl (C=O) groups is 1. The highest BCUT2D eigenvalue weighted by molar-refractivity contribution is 6.67. The van der Waals surface area contributed by atoms with Gasteiger partial charge >= 0.3 is 0 Å². The zero-order valence-electron chi connectivity index (χ0n) is 5.88. The Hall–Kier alpha value is -1.08. The third kappa shape index (κ3) is 1.92. The lowest BCUT2D eigenvalue weighted by Crippen LogP contribution is -1.87. The van der Waals surface area contributed by atoms with E-state index >= 15 is 0 Å². The van der Waals surface area contributed by atoms with E-state index in [1.165, 1.54) is 0 Å². The van der Waals surface area contributed by atoms with Gasteiger partial charge in [0.05, 0.1) is 0 Å². The number of hydrogen-bond acceptors (Lipinski definition) is 1. The molecule has 11 heavy (non-hydrogen) atoms. The number of halogens is 1. The van der Waals surface area contributed by atoms with Gasteiger partial charge < -0.3 is 0 Å². The maximum absolute atomic E-state index is 10.6. The molecule has 0 fully saturated rings. The fraction of sp³-hybridized carbons (Fsp3) is 0. The van der Waals surface area contributed by atoms with Gasteiger partial charge in [-0.25, -0.2) is 0 Å². The number of benzene rings is 1. The monoisotopic (exact) mass is 166 g/mol. The Kier molecular flexibility index (Phi) is 2.44. The van der Waals surface area contributed by atoms with Gasteiger partial charge in [-0.3, -0.25) is 4.79 Å². The van der Waals surface area contributed by atoms with Gasteiger partial charge in [0.1, 0.15) is 0 Å². The SMILES string of the molecule is C=Cc1cccc(C(=O)Cl)c1. The van der Waals surface area contributed by atoms with Crippen molar-refractivity contribution >= 4 is 22.9 Å². The van der Waals surface area contributed by atoms with Crippen LogP contribution in [0.2, 0.25) is 0 Å². The molecule has 0 atom stereocenters. The molecule has 1 nitrogen and oxygen atoms in total. The van der Waals surface area contributed by atoms with E-state index < -0.39 is 5.24 Å². The molecule has 0 radical (unpaired) electrons. The van der Waals surface area contributed by atoms with Gasteiger partial charge in [0.25, 0.3) is 5.24 Å². The largest absolute Gasteiger partial charge is 0.276 e. The summed E-state index contributed by atoms with van der Waals surface area (Å²) >= 11 is 5.26. The number of carbonyl (C=O) groups excluding carboxylic acids is 1. The minimum atomic E-state index is -0.436. The van der Waals surface area contributed by atoms with Crippen molar-refractivity contribution in [1.82, 2.24) is 0 Å². The van der Waals surface area contributed by atoms with Crippen molar-refractivity contribution in [2.45, 2.75) is 0 Å². The predicted molar refractivity (Wildman–Crippen MR) is 46.7 cm³/mol. The molecule has 0 aliphatic heterocycles. The van der Waals surface area contributed by atoms with E-state index in [2.05, 4.69) is 6.58 Å². The Morgan fingerprint density at radius 2 is 2.27 bits per heavy atom. The second-order valence-corrected chi connectivity index (χ2v) is 2.45. The predicted octanol–water partition coefficient (Wildman–Crippen LogP) is 2.71. The zero-order valence-corrected chi connectivity index (χ0v) is 6.64. The average Bonchev–Trinajstić information content (AvgIpc) is 2.05. The van der Waals surface area contributed by atoms with Crippen LogP contribution in [0, 0.1) is 0 Å². The molecule has 1 aromatic carbocycles. The van der Waals surface area contributed by atoms with E-state index in [-0.39, 0.29) is 0 Å². The standard InChI is InChI=1S/C9H7ClO/c1-2-7-4-3-5-8(6-7)9(10)11/h2-6H,1H2. The highest BCUT2D eigenvalue weighted by Gasteiger charge is 1.99. The van der Waals surface area contributed by atoms with Crippen LogP contribution < -0.4 is 0 Å². The highest BCUT2D eigenvalue weighted by Crippen LogP contribution is 2.08. The van der Waals surface area contributed by atoms with Crippen LogP contribution in [-0.2, 0) is 0 Å². The molecule has 0 spiro atoms. The molecular formula is C9H7ClO. The summed E-state index contributed by atoms with van der Waals surface area (Å²) in [5.41, 5.74) is 1.40. The third-order valence-corrected chi connectivity index (χ3v) is 1.57. The highest BCUT2D eigenvalue weighted by atomic mass is 35.5. The first-order chi connectivity index (χ1) is 5.24. The molecule has 0 N–H and O–H groups in total. The second-order valence-electron chi connectivity index (χ2n) is 2.10. The van der Waals surface area contributed by atoms with Crippen molar-refractivity contribution in [3.8, 4) is 0 Å². The Morgan fingerprint density at radius 1 is 1.55 bits per heavy atom. The van der Waals surface area contributed by atoms with Crippen LogP contribution in [-0.4, -0.2) is 5.24 Å². The summed E-state index contributed by atoms with van der Waals surface area (Å²) in [6.07, 6.45) is 1.67. The summed E-state index contributed by atoms with van der Waals surface area (Å²) < 4.78 is 0. The van der Waals surface area contributed by atoms with E-state index in [0.29, 0.717) is 5.56 Å². The quantitative estimate of drug-likeness (QED) is 0.618. The topological polar surface area (TPSA) is 17.1 Å². The summed E-state index contributed by atoms with van der Waals surface area (Å²) in [6, 6.07) is 6.99. The molecule has 0 amide bonds. The van der Waals surface area contributed by atoms with Crippen LogP contribution in [0.4, 0.5) is 0 Å². The number of hydrogen-bond donors (Lipinski definition) is 0. The minimum Gasteiger partial charge on any atom is -0.276 e. The van der Waals surface area contributed by atoms with Gasteiger partial charge in [-0.1, -0.05) is 30.9 Å². The molecular weight excluding hydrogens is 160 g/mol. The van der Waals surface area contributed by atoms with Gasteiger partial charge in [0, 0.05) is 5.56 Å². The molecule has 0 bridgehead atoms. The van der Waals surface area contributed by atoms with Gasteiger partial charge in [-0.15, -0.1) is 0 Å². The normalized spacial score (nSPS) is 9.18. The van der Waals surface area contributed by atoms with Crippen molar-refractivity contribution in [2.24, 2.45) is 0 Å². The fourth-order valence-electron chi connectivity index (χ4n) is 0.788. The molecule has 0 aromatic heterocycles. The summed E-state index contributed by atoms with van der Waals surface area (Å²) in [6.45, 7) is 3.58. The van der Waals surface area contributed by atoms with Crippen molar-refractivity contribution in [1.29, 1.82) is 0 Å². The van der Waals surface area contributed by atoms with E-state index in [4.69, 9.17) is 11.6 Å². The molecule has 0 aliphatic carbocycles. The first-order valence-corrected chi connectivity index (χ1v) is 3.54. The summed E-state index contributed by atoms with van der Waals surface area (Å²) in [5.74, 6) is 0.